The predicted octanol–water partition coefficient (Wildman–Crippen LogP) is 2.30. The number of hydrogen-bond donors (Lipinski definition) is 1. The fourth-order valence-corrected chi connectivity index (χ4v) is 4.30. The van der Waals surface area contributed by atoms with Gasteiger partial charge in [0.15, 0.2) is 0 Å². The van der Waals surface area contributed by atoms with Gasteiger partial charge in [-0.3, -0.25) is 9.69 Å². The number of rotatable bonds is 2. The molecule has 0 aromatic heterocycles. The summed E-state index contributed by atoms with van der Waals surface area (Å²) in [6.45, 7) is 4.28. The highest BCUT2D eigenvalue weighted by Gasteiger charge is 2.43. The van der Waals surface area contributed by atoms with Gasteiger partial charge in [0.1, 0.15) is 0 Å². The zero-order valence-electron chi connectivity index (χ0n) is 13.3. The molecule has 130 valence electrons. The SMILES string of the molecule is O=C1c2cccc(C(F)(F)F)c2CN1CN1CC[C@]2(CCNC2)C1. The second-order valence-electron chi connectivity index (χ2n) is 7.20. The number of fused-ring (bicyclic) bond motifs is 1. The third-order valence-electron chi connectivity index (χ3n) is 5.57. The van der Waals surface area contributed by atoms with Crippen molar-refractivity contribution in [3.63, 3.8) is 0 Å². The van der Waals surface area contributed by atoms with Crippen molar-refractivity contribution in [1.29, 1.82) is 0 Å². The number of benzene rings is 1. The third-order valence-corrected chi connectivity index (χ3v) is 5.57. The summed E-state index contributed by atoms with van der Waals surface area (Å²) >= 11 is 0. The average Bonchev–Trinajstić information content (AvgIpc) is 3.22. The molecular weight excluding hydrogens is 319 g/mol. The molecule has 3 aliphatic heterocycles. The van der Waals surface area contributed by atoms with Gasteiger partial charge in [-0.15, -0.1) is 0 Å². The number of hydrogen-bond acceptors (Lipinski definition) is 3. The van der Waals surface area contributed by atoms with Crippen LogP contribution in [0.5, 0.6) is 0 Å². The molecule has 4 rings (SSSR count). The fourth-order valence-electron chi connectivity index (χ4n) is 4.30. The number of amides is 1. The van der Waals surface area contributed by atoms with E-state index in [1.807, 2.05) is 0 Å². The van der Waals surface area contributed by atoms with Crippen LogP contribution in [0.2, 0.25) is 0 Å². The predicted molar refractivity (Wildman–Crippen MR) is 82.3 cm³/mol. The number of alkyl halides is 3. The van der Waals surface area contributed by atoms with E-state index in [2.05, 4.69) is 10.2 Å². The summed E-state index contributed by atoms with van der Waals surface area (Å²) < 4.78 is 39.5. The van der Waals surface area contributed by atoms with Crippen LogP contribution < -0.4 is 5.32 Å². The molecule has 0 radical (unpaired) electrons. The molecule has 0 bridgehead atoms. The summed E-state index contributed by atoms with van der Waals surface area (Å²) in [6.07, 6.45) is -2.20. The lowest BCUT2D eigenvalue weighted by Gasteiger charge is -2.26. The maximum absolute atomic E-state index is 13.2. The Balaban J connectivity index is 1.50. The molecule has 2 saturated heterocycles. The number of nitrogens with zero attached hydrogens (tertiary/aromatic N) is 2. The van der Waals surface area contributed by atoms with Crippen molar-refractivity contribution in [2.45, 2.75) is 25.6 Å². The Morgan fingerprint density at radius 1 is 1.25 bits per heavy atom. The smallest absolute Gasteiger partial charge is 0.321 e. The summed E-state index contributed by atoms with van der Waals surface area (Å²) in [7, 11) is 0. The largest absolute Gasteiger partial charge is 0.416 e. The summed E-state index contributed by atoms with van der Waals surface area (Å²) in [5, 5.41) is 3.38. The van der Waals surface area contributed by atoms with Gasteiger partial charge in [-0.2, -0.15) is 13.2 Å². The quantitative estimate of drug-likeness (QED) is 0.898. The van der Waals surface area contributed by atoms with Crippen LogP contribution in [-0.4, -0.2) is 48.6 Å². The molecule has 0 saturated carbocycles. The van der Waals surface area contributed by atoms with Crippen molar-refractivity contribution in [3.8, 4) is 0 Å². The first-order valence-corrected chi connectivity index (χ1v) is 8.29. The van der Waals surface area contributed by atoms with Gasteiger partial charge in [0, 0.05) is 31.7 Å². The summed E-state index contributed by atoms with van der Waals surface area (Å²) in [4.78, 5) is 16.2. The lowest BCUT2D eigenvalue weighted by molar-refractivity contribution is -0.138. The lowest BCUT2D eigenvalue weighted by Crippen LogP contribution is -2.38. The van der Waals surface area contributed by atoms with Crippen molar-refractivity contribution < 1.29 is 18.0 Å². The van der Waals surface area contributed by atoms with E-state index in [9.17, 15) is 18.0 Å². The molecule has 0 aliphatic carbocycles. The molecule has 2 fully saturated rings. The van der Waals surface area contributed by atoms with E-state index in [0.29, 0.717) is 6.67 Å². The molecule has 7 heteroatoms. The van der Waals surface area contributed by atoms with Gasteiger partial charge >= 0.3 is 6.18 Å². The molecule has 1 amide bonds. The summed E-state index contributed by atoms with van der Waals surface area (Å²) in [5.41, 5.74) is -0.0892. The van der Waals surface area contributed by atoms with E-state index in [0.717, 1.165) is 45.1 Å². The zero-order valence-corrected chi connectivity index (χ0v) is 13.3. The van der Waals surface area contributed by atoms with Crippen molar-refractivity contribution in [2.24, 2.45) is 5.41 Å². The first-order valence-electron chi connectivity index (χ1n) is 8.29. The van der Waals surface area contributed by atoms with Gasteiger partial charge in [0.2, 0.25) is 0 Å². The first-order chi connectivity index (χ1) is 11.4. The Morgan fingerprint density at radius 3 is 2.79 bits per heavy atom. The number of nitrogens with one attached hydrogen (secondary N) is 1. The standard InChI is InChI=1S/C17H20F3N3O/c18-17(19,20)14-3-1-2-12-13(14)8-23(15(12)24)11-22-7-5-16(10-22)4-6-21-9-16/h1-3,21H,4-11H2/t16-/m0/s1. The van der Waals surface area contributed by atoms with E-state index in [4.69, 9.17) is 0 Å². The van der Waals surface area contributed by atoms with Crippen LogP contribution in [-0.2, 0) is 12.7 Å². The Bertz CT molecular complexity index is 668. The number of carbonyl (C=O) groups is 1. The number of halogens is 3. The highest BCUT2D eigenvalue weighted by molar-refractivity contribution is 5.98. The molecule has 1 atom stereocenters. The van der Waals surface area contributed by atoms with Gasteiger partial charge < -0.3 is 10.2 Å². The molecule has 4 nitrogen and oxygen atoms in total. The van der Waals surface area contributed by atoms with Gasteiger partial charge in [-0.05, 0) is 42.5 Å². The van der Waals surface area contributed by atoms with Crippen molar-refractivity contribution in [3.05, 3.63) is 34.9 Å². The Hall–Kier alpha value is -1.60. The molecule has 3 aliphatic rings. The van der Waals surface area contributed by atoms with Gasteiger partial charge in [0.25, 0.3) is 5.91 Å². The fraction of sp³-hybridized carbons (Fsp3) is 0.588. The highest BCUT2D eigenvalue weighted by atomic mass is 19.4. The van der Waals surface area contributed by atoms with Crippen LogP contribution in [0.15, 0.2) is 18.2 Å². The summed E-state index contributed by atoms with van der Waals surface area (Å²) in [6, 6.07) is 3.88. The van der Waals surface area contributed by atoms with E-state index in [-0.39, 0.29) is 29.0 Å². The van der Waals surface area contributed by atoms with Gasteiger partial charge in [0.05, 0.1) is 12.2 Å². The van der Waals surface area contributed by atoms with Crippen LogP contribution in [0.4, 0.5) is 13.2 Å². The van der Waals surface area contributed by atoms with Crippen LogP contribution in [0.25, 0.3) is 0 Å². The minimum atomic E-state index is -4.42. The Morgan fingerprint density at radius 2 is 2.08 bits per heavy atom. The van der Waals surface area contributed by atoms with E-state index in [1.54, 1.807) is 4.90 Å². The number of carbonyl (C=O) groups excluding carboxylic acids is 1. The molecule has 0 unspecified atom stereocenters. The molecule has 24 heavy (non-hydrogen) atoms. The normalized spacial score (nSPS) is 27.5. The van der Waals surface area contributed by atoms with Crippen molar-refractivity contribution in [2.75, 3.05) is 32.8 Å². The van der Waals surface area contributed by atoms with Gasteiger partial charge in [-0.1, -0.05) is 6.07 Å². The number of likely N-dealkylation sites (tertiary alicyclic amines) is 1. The topological polar surface area (TPSA) is 35.6 Å². The second-order valence-corrected chi connectivity index (χ2v) is 7.20. The lowest BCUT2D eigenvalue weighted by atomic mass is 9.87. The van der Waals surface area contributed by atoms with E-state index < -0.39 is 11.7 Å². The van der Waals surface area contributed by atoms with Gasteiger partial charge in [-0.25, -0.2) is 0 Å². The second kappa shape index (κ2) is 5.46. The maximum Gasteiger partial charge on any atom is 0.416 e. The van der Waals surface area contributed by atoms with E-state index in [1.165, 1.54) is 12.1 Å². The minimum absolute atomic E-state index is 0.0472. The Kier molecular flexibility index (Phi) is 3.61. The van der Waals surface area contributed by atoms with Crippen LogP contribution in [0, 0.1) is 5.41 Å². The molecule has 1 aromatic rings. The third kappa shape index (κ3) is 2.59. The van der Waals surface area contributed by atoms with Crippen LogP contribution in [0.3, 0.4) is 0 Å². The molecule has 1 aromatic carbocycles. The highest BCUT2D eigenvalue weighted by Crippen LogP contribution is 2.39. The zero-order chi connectivity index (χ0) is 16.9. The van der Waals surface area contributed by atoms with E-state index >= 15 is 0 Å². The van der Waals surface area contributed by atoms with Crippen LogP contribution >= 0.6 is 0 Å². The molecule has 1 spiro atoms. The molecule has 1 N–H and O–H groups in total. The van der Waals surface area contributed by atoms with Crippen molar-refractivity contribution >= 4 is 5.91 Å². The molecular formula is C17H20F3N3O. The molecule has 3 heterocycles. The monoisotopic (exact) mass is 339 g/mol. The maximum atomic E-state index is 13.2. The first kappa shape index (κ1) is 15.9. The Labute approximate surface area is 138 Å². The minimum Gasteiger partial charge on any atom is -0.321 e. The van der Waals surface area contributed by atoms with Crippen LogP contribution in [0.1, 0.15) is 34.3 Å². The van der Waals surface area contributed by atoms with Crippen molar-refractivity contribution in [1.82, 2.24) is 15.1 Å². The summed E-state index contributed by atoms with van der Waals surface area (Å²) in [5.74, 6) is -0.290. The average molecular weight is 339 g/mol.